The molecule has 6 atom stereocenters. The Labute approximate surface area is 523 Å². The van der Waals surface area contributed by atoms with E-state index in [9.17, 15) is 23.6 Å². The van der Waals surface area contributed by atoms with E-state index in [1.807, 2.05) is 41.5 Å². The maximum absolute atomic E-state index is 15.1. The van der Waals surface area contributed by atoms with Crippen LogP contribution < -0.4 is 40.1 Å². The molecular weight excluding hydrogens is 1230 g/mol. The maximum atomic E-state index is 15.1. The Morgan fingerprint density at radius 2 is 1.09 bits per heavy atom. The molecule has 8 heterocycles. The Kier molecular flexibility index (Phi) is 18.4. The molecule has 0 radical (unpaired) electrons. The average molecular weight is 1290 g/mol. The van der Waals surface area contributed by atoms with E-state index in [0.717, 1.165) is 30.2 Å². The van der Waals surface area contributed by atoms with Crippen molar-refractivity contribution in [2.24, 2.45) is 11.8 Å². The Bertz CT molecular complexity index is 3970. The number of carbonyl (C=O) groups is 4. The fourth-order valence-electron chi connectivity index (χ4n) is 11.7. The van der Waals surface area contributed by atoms with Crippen molar-refractivity contribution in [1.29, 1.82) is 0 Å². The highest BCUT2D eigenvalue weighted by atomic mass is 35.5. The molecule has 5 N–H and O–H groups in total. The van der Waals surface area contributed by atoms with Gasteiger partial charge in [0.05, 0.1) is 58.0 Å². The van der Waals surface area contributed by atoms with Gasteiger partial charge in [-0.3, -0.25) is 4.90 Å². The number of benzene rings is 2. The van der Waals surface area contributed by atoms with Gasteiger partial charge in [0.25, 0.3) is 0 Å². The second-order valence-electron chi connectivity index (χ2n) is 23.6. The number of aromatic amines is 2. The highest BCUT2D eigenvalue weighted by molar-refractivity contribution is 6.61. The van der Waals surface area contributed by atoms with Crippen LogP contribution in [0.25, 0.3) is 43.9 Å². The monoisotopic (exact) mass is 1290 g/mol. The largest absolute Gasteiger partial charge is 0.444 e. The van der Waals surface area contributed by atoms with Gasteiger partial charge in [-0.05, 0) is 117 Å². The molecule has 6 aromatic heterocycles. The molecule has 8 aromatic rings. The van der Waals surface area contributed by atoms with Crippen LogP contribution >= 0.6 is 34.8 Å². The molecule has 472 valence electrons. The van der Waals surface area contributed by atoms with Crippen LogP contribution in [0.5, 0.6) is 23.5 Å². The first-order chi connectivity index (χ1) is 42.2. The summed E-state index contributed by atoms with van der Waals surface area (Å²) in [5.41, 5.74) is 0.921. The number of ether oxygens (including phenoxy) is 6. The molecule has 4 aliphatic rings. The number of H-pyrrole nitrogens is 2. The summed E-state index contributed by atoms with van der Waals surface area (Å²) in [4.78, 5) is 94.6. The smallest absolute Gasteiger partial charge is 0.415 e. The molecule has 26 nitrogen and oxygen atoms in total. The van der Waals surface area contributed by atoms with Crippen molar-refractivity contribution in [2.45, 2.75) is 116 Å². The summed E-state index contributed by atoms with van der Waals surface area (Å²) in [7, 11) is 3.21. The summed E-state index contributed by atoms with van der Waals surface area (Å²) in [5, 5.41) is 11.6. The number of aromatic nitrogens is 10. The number of hydrogen-bond acceptors (Lipinski definition) is 21. The van der Waals surface area contributed by atoms with Crippen molar-refractivity contribution in [3.05, 3.63) is 72.3 Å². The van der Waals surface area contributed by atoms with Crippen LogP contribution in [0.4, 0.5) is 51.0 Å². The van der Waals surface area contributed by atoms with Crippen molar-refractivity contribution in [3.8, 4) is 23.5 Å². The van der Waals surface area contributed by atoms with Gasteiger partial charge in [0.1, 0.15) is 57.4 Å². The van der Waals surface area contributed by atoms with Gasteiger partial charge in [-0.15, -0.1) is 0 Å². The minimum absolute atomic E-state index is 0.00941. The van der Waals surface area contributed by atoms with Gasteiger partial charge in [0.2, 0.25) is 0 Å². The SMILES string of the molecule is CNc1cc(F)cc2c1[nH]c1nc(Oc3cnc(C)nc3)nc(N3C[C@H]4C[C@@H]3C[C@H]4NC(=O)OC(C)(C)C)c12.Cc1ncc(Oc2nc(N3C[C@H]4C[C@@H]3C[C@H]4NC(=O)OC(C)(C)C)c3c(n2)[nH]c2c(N(C)C(=O)OCCl)cc(F)cc23)cn1.O=C(Cl)OCCl. The summed E-state index contributed by atoms with van der Waals surface area (Å²) in [5.74, 6) is 2.59. The molecule has 2 saturated carbocycles. The van der Waals surface area contributed by atoms with Gasteiger partial charge in [-0.2, -0.15) is 19.9 Å². The number of halogens is 5. The Hall–Kier alpha value is -8.63. The van der Waals surface area contributed by atoms with Crippen LogP contribution in [0.2, 0.25) is 0 Å². The molecule has 2 saturated heterocycles. The number of hydrogen-bond donors (Lipinski definition) is 5. The van der Waals surface area contributed by atoms with E-state index >= 15 is 4.39 Å². The predicted octanol–water partition coefficient (Wildman–Crippen LogP) is 11.6. The maximum Gasteiger partial charge on any atom is 0.415 e. The highest BCUT2D eigenvalue weighted by Crippen LogP contribution is 2.47. The minimum atomic E-state index is -0.870. The van der Waals surface area contributed by atoms with Gasteiger partial charge < -0.3 is 64.1 Å². The summed E-state index contributed by atoms with van der Waals surface area (Å²) >= 11 is 15.1. The number of alkyl halides is 2. The summed E-state index contributed by atoms with van der Waals surface area (Å²) < 4.78 is 61.5. The molecule has 0 unspecified atom stereocenters. The zero-order valence-electron chi connectivity index (χ0n) is 50.1. The number of rotatable bonds is 12. The lowest BCUT2D eigenvalue weighted by atomic mass is 10.0. The zero-order valence-corrected chi connectivity index (χ0v) is 52.4. The number of aryl methyl sites for hydroxylation is 2. The van der Waals surface area contributed by atoms with Gasteiger partial charge in [0.15, 0.2) is 23.6 Å². The average Bonchev–Trinajstić information content (AvgIpc) is 1.64. The standard InChI is InChI=1S/C29H32ClFN8O5.C27H31FN8O3.C2H2Cl2O2/c1-14-32-10-18(11-33-14)43-26-36-24-22(19-7-16(31)8-21(23(19)35-24)38(5)28(41)42-13-30)25(37-26)39-12-15-6-17(39)9-20(15)34-27(40)44-29(2,3)4;1-13-30-10-17(11-31-13)38-25-34-23-21(18-7-15(28)8-20(29-5)22(18)33-23)24(35-25)36-12-14-6-16(36)9-19(14)32-26(37)39-27(2,3)4;3-1-6-2(4)5/h7-8,10-11,15,17,20H,6,9,12-13H2,1-5H3,(H,34,40)(H,35,36,37);7-8,10-11,14,16,19,29H,6,9,12H2,1-5H3,(H,32,37)(H,33,34,35);1H2/t15-,17-,20-;14-,16-,19-;/m11./s1. The third kappa shape index (κ3) is 14.4. The van der Waals surface area contributed by atoms with Crippen LogP contribution in [-0.2, 0) is 18.9 Å². The second kappa shape index (κ2) is 25.8. The molecule has 89 heavy (non-hydrogen) atoms. The second-order valence-corrected chi connectivity index (χ2v) is 24.4. The number of fused-ring (bicyclic) bond motifs is 10. The number of nitrogens with zero attached hydrogens (tertiary/aromatic N) is 11. The first-order valence-corrected chi connectivity index (χ1v) is 29.7. The van der Waals surface area contributed by atoms with Crippen LogP contribution in [0.15, 0.2) is 49.1 Å². The Morgan fingerprint density at radius 3 is 1.48 bits per heavy atom. The summed E-state index contributed by atoms with van der Waals surface area (Å²) in [6.07, 6.45) is 7.72. The zero-order chi connectivity index (χ0) is 63.8. The van der Waals surface area contributed by atoms with Gasteiger partial charge in [0, 0.05) is 73.7 Å². The number of alkyl carbamates (subject to hydrolysis) is 2. The lowest BCUT2D eigenvalue weighted by Gasteiger charge is -2.33. The van der Waals surface area contributed by atoms with Crippen molar-refractivity contribution in [1.82, 2.24) is 60.5 Å². The first-order valence-electron chi connectivity index (χ1n) is 28.3. The number of nitrogens with one attached hydrogen (secondary N) is 5. The van der Waals surface area contributed by atoms with Crippen LogP contribution in [0, 0.1) is 37.3 Å². The molecular formula is C58H65Cl3F2N16O10. The van der Waals surface area contributed by atoms with Crippen LogP contribution in [0.3, 0.4) is 0 Å². The van der Waals surface area contributed by atoms with E-state index in [2.05, 4.69) is 82.0 Å². The molecule has 2 aliphatic heterocycles. The molecule has 2 aromatic carbocycles. The topological polar surface area (TPSA) is 304 Å². The van der Waals surface area contributed by atoms with Gasteiger partial charge in [-0.25, -0.2) is 47.9 Å². The number of carbonyl (C=O) groups excluding carboxylic acids is 4. The highest BCUT2D eigenvalue weighted by Gasteiger charge is 2.48. The summed E-state index contributed by atoms with van der Waals surface area (Å²) in [6, 6.07) is 5.30. The molecule has 0 spiro atoms. The van der Waals surface area contributed by atoms with E-state index < -0.39 is 40.7 Å². The normalized spacial score (nSPS) is 19.1. The van der Waals surface area contributed by atoms with E-state index in [1.54, 1.807) is 33.3 Å². The fraction of sp³-hybridized carbons (Fsp3) is 0.448. The lowest BCUT2D eigenvalue weighted by molar-refractivity contribution is 0.0479. The molecule has 3 amide bonds. The molecule has 12 rings (SSSR count). The quantitative estimate of drug-likeness (QED) is 0.0431. The minimum Gasteiger partial charge on any atom is -0.444 e. The lowest BCUT2D eigenvalue weighted by Crippen LogP contribution is -2.47. The Balaban J connectivity index is 0.000000181. The van der Waals surface area contributed by atoms with Crippen molar-refractivity contribution >= 4 is 125 Å². The predicted molar refractivity (Wildman–Crippen MR) is 329 cm³/mol. The van der Waals surface area contributed by atoms with Gasteiger partial charge in [-0.1, -0.05) is 23.2 Å². The third-order valence-electron chi connectivity index (χ3n) is 15.2. The van der Waals surface area contributed by atoms with Crippen LogP contribution in [0.1, 0.15) is 78.9 Å². The van der Waals surface area contributed by atoms with E-state index in [4.69, 9.17) is 56.9 Å². The van der Waals surface area contributed by atoms with Crippen molar-refractivity contribution in [3.63, 3.8) is 0 Å². The van der Waals surface area contributed by atoms with Crippen molar-refractivity contribution in [2.75, 3.05) is 59.3 Å². The number of anilines is 4. The third-order valence-corrected chi connectivity index (χ3v) is 15.5. The number of amides is 3. The van der Waals surface area contributed by atoms with Crippen LogP contribution in [-0.4, -0.2) is 148 Å². The van der Waals surface area contributed by atoms with Gasteiger partial charge >= 0.3 is 35.7 Å². The number of piperidine rings is 2. The molecule has 31 heteroatoms. The molecule has 4 bridgehead atoms. The Morgan fingerprint density at radius 1 is 0.652 bits per heavy atom. The van der Waals surface area contributed by atoms with E-state index in [0.29, 0.717) is 93.0 Å². The van der Waals surface area contributed by atoms with E-state index in [1.165, 1.54) is 48.6 Å². The molecule has 2 aliphatic carbocycles. The van der Waals surface area contributed by atoms with Crippen molar-refractivity contribution < 1.29 is 56.4 Å². The molecule has 4 fully saturated rings. The first kappa shape index (κ1) is 63.4. The fourth-order valence-corrected chi connectivity index (χ4v) is 12.0. The van der Waals surface area contributed by atoms with E-state index in [-0.39, 0.29) is 71.7 Å². The summed E-state index contributed by atoms with van der Waals surface area (Å²) in [6.45, 7) is 15.8.